The van der Waals surface area contributed by atoms with E-state index in [4.69, 9.17) is 0 Å². The van der Waals surface area contributed by atoms with Gasteiger partial charge in [-0.25, -0.2) is 4.57 Å². The number of carbonyl (C=O) groups excluding carboxylic acids is 1. The fraction of sp³-hybridized carbons (Fsp3) is 0.455. The minimum absolute atomic E-state index is 0.0336. The van der Waals surface area contributed by atoms with Crippen molar-refractivity contribution in [2.24, 2.45) is 7.05 Å². The Hall–Kier alpha value is -1.38. The second-order valence-corrected chi connectivity index (χ2v) is 4.46. The average molecular weight is 193 g/mol. The zero-order valence-corrected chi connectivity index (χ0v) is 9.16. The van der Waals surface area contributed by atoms with Gasteiger partial charge in [0, 0.05) is 11.6 Å². The van der Waals surface area contributed by atoms with E-state index in [2.05, 4.69) is 5.32 Å². The summed E-state index contributed by atoms with van der Waals surface area (Å²) in [5.74, 6) is -0.0336. The topological polar surface area (TPSA) is 33.0 Å². The van der Waals surface area contributed by atoms with Gasteiger partial charge in [-0.15, -0.1) is 0 Å². The van der Waals surface area contributed by atoms with Crippen LogP contribution in [0.3, 0.4) is 0 Å². The van der Waals surface area contributed by atoms with Crippen LogP contribution >= 0.6 is 0 Å². The maximum atomic E-state index is 11.7. The van der Waals surface area contributed by atoms with Crippen molar-refractivity contribution in [3.8, 4) is 0 Å². The van der Waals surface area contributed by atoms with Gasteiger partial charge in [0.2, 0.25) is 0 Å². The molecule has 0 spiro atoms. The van der Waals surface area contributed by atoms with Crippen LogP contribution in [0.15, 0.2) is 24.5 Å². The average Bonchev–Trinajstić information content (AvgIpc) is 2.01. The molecule has 0 bridgehead atoms. The molecule has 0 radical (unpaired) electrons. The third-order valence-electron chi connectivity index (χ3n) is 1.69. The van der Waals surface area contributed by atoms with E-state index in [0.717, 1.165) is 0 Å². The minimum Gasteiger partial charge on any atom is -0.347 e. The van der Waals surface area contributed by atoms with Crippen LogP contribution in [0.5, 0.6) is 0 Å². The van der Waals surface area contributed by atoms with Crippen molar-refractivity contribution in [3.05, 3.63) is 30.1 Å². The Morgan fingerprint density at radius 2 is 2.07 bits per heavy atom. The summed E-state index contributed by atoms with van der Waals surface area (Å²) in [5, 5.41) is 2.91. The highest BCUT2D eigenvalue weighted by molar-refractivity contribution is 5.94. The number of rotatable bonds is 1. The Kier molecular flexibility index (Phi) is 2.89. The summed E-state index contributed by atoms with van der Waals surface area (Å²) >= 11 is 0. The summed E-state index contributed by atoms with van der Waals surface area (Å²) in [5.41, 5.74) is 0.496. The van der Waals surface area contributed by atoms with Crippen LogP contribution in [0.2, 0.25) is 0 Å². The van der Waals surface area contributed by atoms with E-state index in [0.29, 0.717) is 5.56 Å². The fourth-order valence-electron chi connectivity index (χ4n) is 1.13. The minimum atomic E-state index is -0.189. The van der Waals surface area contributed by atoms with Gasteiger partial charge in [0.1, 0.15) is 12.6 Å². The third-order valence-corrected chi connectivity index (χ3v) is 1.69. The number of aromatic nitrogens is 1. The smallest absolute Gasteiger partial charge is 0.257 e. The molecule has 1 N–H and O–H groups in total. The number of pyridine rings is 1. The maximum Gasteiger partial charge on any atom is 0.257 e. The largest absolute Gasteiger partial charge is 0.347 e. The molecule has 0 aliphatic rings. The van der Waals surface area contributed by atoms with Crippen LogP contribution in [-0.4, -0.2) is 11.4 Å². The Morgan fingerprint density at radius 1 is 1.43 bits per heavy atom. The first-order valence-electron chi connectivity index (χ1n) is 4.66. The molecule has 1 aromatic heterocycles. The molecule has 0 atom stereocenters. The van der Waals surface area contributed by atoms with Gasteiger partial charge < -0.3 is 5.32 Å². The van der Waals surface area contributed by atoms with Crippen molar-refractivity contribution in [1.82, 2.24) is 5.32 Å². The van der Waals surface area contributed by atoms with Crippen molar-refractivity contribution in [2.45, 2.75) is 26.3 Å². The number of hydrogen-bond acceptors (Lipinski definition) is 1. The molecule has 0 aliphatic carbocycles. The molecule has 1 amide bonds. The van der Waals surface area contributed by atoms with E-state index in [-0.39, 0.29) is 11.4 Å². The van der Waals surface area contributed by atoms with Crippen molar-refractivity contribution < 1.29 is 9.36 Å². The van der Waals surface area contributed by atoms with Gasteiger partial charge in [0.15, 0.2) is 12.4 Å². The first kappa shape index (κ1) is 10.7. The van der Waals surface area contributed by atoms with Crippen LogP contribution in [0.25, 0.3) is 0 Å². The molecule has 1 heterocycles. The number of nitrogens with one attached hydrogen (secondary N) is 1. The number of carbonyl (C=O) groups is 1. The molecule has 0 fully saturated rings. The van der Waals surface area contributed by atoms with Crippen LogP contribution in [-0.2, 0) is 7.05 Å². The van der Waals surface area contributed by atoms with Gasteiger partial charge in [-0.05, 0) is 26.8 Å². The second kappa shape index (κ2) is 3.78. The van der Waals surface area contributed by atoms with Crippen LogP contribution in [0.1, 0.15) is 31.1 Å². The Labute approximate surface area is 84.8 Å². The number of hydrogen-bond donors (Lipinski definition) is 1. The van der Waals surface area contributed by atoms with E-state index in [1.54, 1.807) is 12.3 Å². The second-order valence-electron chi connectivity index (χ2n) is 4.46. The van der Waals surface area contributed by atoms with Gasteiger partial charge in [-0.1, -0.05) is 0 Å². The lowest BCUT2D eigenvalue weighted by atomic mass is 10.1. The molecule has 3 nitrogen and oxygen atoms in total. The molecule has 1 aromatic rings. The molecule has 0 aromatic carbocycles. The van der Waals surface area contributed by atoms with Gasteiger partial charge >= 0.3 is 0 Å². The van der Waals surface area contributed by atoms with E-state index in [1.165, 1.54) is 0 Å². The fourth-order valence-corrected chi connectivity index (χ4v) is 1.13. The van der Waals surface area contributed by atoms with E-state index < -0.39 is 0 Å². The Bertz CT molecular complexity index is 339. The first-order valence-corrected chi connectivity index (χ1v) is 4.66. The van der Waals surface area contributed by atoms with E-state index in [1.807, 2.05) is 44.6 Å². The van der Waals surface area contributed by atoms with Gasteiger partial charge in [-0.2, -0.15) is 0 Å². The molecule has 0 saturated carbocycles. The van der Waals surface area contributed by atoms with Crippen LogP contribution in [0.4, 0.5) is 0 Å². The lowest BCUT2D eigenvalue weighted by Gasteiger charge is -2.19. The highest BCUT2D eigenvalue weighted by Crippen LogP contribution is 2.02. The van der Waals surface area contributed by atoms with Gasteiger partial charge in [-0.3, -0.25) is 4.79 Å². The first-order chi connectivity index (χ1) is 6.38. The van der Waals surface area contributed by atoms with Crippen molar-refractivity contribution in [1.29, 1.82) is 0 Å². The lowest BCUT2D eigenvalue weighted by Crippen LogP contribution is -2.41. The molecule has 0 saturated heterocycles. The standard InChI is InChI=1S/C11H16N2O/c1-11(2,3)12-10(14)9-6-5-7-13(4)8-9/h5-8H,1-4H3/p+1. The SMILES string of the molecule is C[n+]1cccc(C(=O)NC(C)(C)C)c1. The van der Waals surface area contributed by atoms with Crippen molar-refractivity contribution >= 4 is 5.91 Å². The summed E-state index contributed by atoms with van der Waals surface area (Å²) in [6, 6.07) is 3.67. The monoisotopic (exact) mass is 193 g/mol. The quantitative estimate of drug-likeness (QED) is 0.664. The number of amides is 1. The molecule has 3 heteroatoms. The Balaban J connectivity index is 2.80. The molecule has 0 aliphatic heterocycles. The van der Waals surface area contributed by atoms with Gasteiger partial charge in [0.25, 0.3) is 5.91 Å². The number of nitrogens with zero attached hydrogens (tertiary/aromatic N) is 1. The molecule has 14 heavy (non-hydrogen) atoms. The zero-order chi connectivity index (χ0) is 10.8. The highest BCUT2D eigenvalue weighted by atomic mass is 16.1. The summed E-state index contributed by atoms with van der Waals surface area (Å²) < 4.78 is 1.86. The van der Waals surface area contributed by atoms with E-state index >= 15 is 0 Å². The molecular weight excluding hydrogens is 176 g/mol. The van der Waals surface area contributed by atoms with E-state index in [9.17, 15) is 4.79 Å². The summed E-state index contributed by atoms with van der Waals surface area (Å²) in [7, 11) is 1.90. The predicted molar refractivity (Wildman–Crippen MR) is 54.8 cm³/mol. The molecular formula is C11H17N2O+. The van der Waals surface area contributed by atoms with Crippen LogP contribution < -0.4 is 9.88 Å². The summed E-state index contributed by atoms with van der Waals surface area (Å²) in [6.07, 6.45) is 3.70. The zero-order valence-electron chi connectivity index (χ0n) is 9.16. The Morgan fingerprint density at radius 3 is 2.57 bits per heavy atom. The maximum absolute atomic E-state index is 11.7. The lowest BCUT2D eigenvalue weighted by molar-refractivity contribution is -0.671. The molecule has 76 valence electrons. The van der Waals surface area contributed by atoms with Crippen molar-refractivity contribution in [2.75, 3.05) is 0 Å². The third kappa shape index (κ3) is 3.17. The van der Waals surface area contributed by atoms with Crippen LogP contribution in [0, 0.1) is 0 Å². The highest BCUT2D eigenvalue weighted by Gasteiger charge is 2.16. The molecule has 0 unspecified atom stereocenters. The predicted octanol–water partition coefficient (Wildman–Crippen LogP) is 1.04. The van der Waals surface area contributed by atoms with Crippen molar-refractivity contribution in [3.63, 3.8) is 0 Å². The summed E-state index contributed by atoms with van der Waals surface area (Å²) in [6.45, 7) is 5.90. The summed E-state index contributed by atoms with van der Waals surface area (Å²) in [4.78, 5) is 11.7. The normalized spacial score (nSPS) is 11.1. The molecule has 1 rings (SSSR count). The van der Waals surface area contributed by atoms with Gasteiger partial charge in [0.05, 0.1) is 0 Å². The number of aryl methyl sites for hydroxylation is 1.